The molecular formula is C16H24N2O. The minimum absolute atomic E-state index is 0.0893. The van der Waals surface area contributed by atoms with Crippen molar-refractivity contribution in [1.82, 2.24) is 5.32 Å². The Morgan fingerprint density at radius 1 is 1.37 bits per heavy atom. The zero-order chi connectivity index (χ0) is 13.8. The lowest BCUT2D eigenvalue weighted by atomic mass is 9.91. The molecule has 1 aromatic rings. The molecule has 3 heteroatoms. The molecule has 1 fully saturated rings. The van der Waals surface area contributed by atoms with E-state index in [2.05, 4.69) is 43.5 Å². The van der Waals surface area contributed by atoms with Gasteiger partial charge in [-0.2, -0.15) is 0 Å². The molecule has 3 nitrogen and oxygen atoms in total. The molecule has 2 atom stereocenters. The molecule has 0 aliphatic carbocycles. The lowest BCUT2D eigenvalue weighted by Crippen LogP contribution is -2.40. The van der Waals surface area contributed by atoms with E-state index in [4.69, 9.17) is 0 Å². The van der Waals surface area contributed by atoms with Gasteiger partial charge in [0.15, 0.2) is 0 Å². The maximum absolute atomic E-state index is 12.2. The molecule has 0 bridgehead atoms. The number of amides is 1. The zero-order valence-electron chi connectivity index (χ0n) is 12.1. The molecule has 104 valence electrons. The Labute approximate surface area is 115 Å². The number of benzene rings is 1. The first-order chi connectivity index (χ1) is 9.06. The van der Waals surface area contributed by atoms with Crippen LogP contribution in [0.25, 0.3) is 0 Å². The lowest BCUT2D eigenvalue weighted by Gasteiger charge is -2.26. The number of rotatable bonds is 3. The van der Waals surface area contributed by atoms with Gasteiger partial charge >= 0.3 is 0 Å². The molecular weight excluding hydrogens is 236 g/mol. The first-order valence-electron chi connectivity index (χ1n) is 7.17. The van der Waals surface area contributed by atoms with Gasteiger partial charge in [-0.3, -0.25) is 4.79 Å². The van der Waals surface area contributed by atoms with Crippen molar-refractivity contribution in [3.63, 3.8) is 0 Å². The summed E-state index contributed by atoms with van der Waals surface area (Å²) in [6.45, 7) is 8.32. The second-order valence-corrected chi connectivity index (χ2v) is 5.97. The van der Waals surface area contributed by atoms with Gasteiger partial charge in [-0.25, -0.2) is 0 Å². The molecule has 1 saturated heterocycles. The normalized spacial score (nSPS) is 23.4. The fourth-order valence-electron chi connectivity index (χ4n) is 2.58. The summed E-state index contributed by atoms with van der Waals surface area (Å²) >= 11 is 0. The van der Waals surface area contributed by atoms with Crippen LogP contribution in [0.4, 0.5) is 5.69 Å². The van der Waals surface area contributed by atoms with E-state index in [-0.39, 0.29) is 11.8 Å². The highest BCUT2D eigenvalue weighted by atomic mass is 16.1. The molecule has 1 aromatic carbocycles. The molecule has 1 heterocycles. The van der Waals surface area contributed by atoms with E-state index in [1.54, 1.807) is 0 Å². The summed E-state index contributed by atoms with van der Waals surface area (Å²) in [5.74, 6) is 1.28. The van der Waals surface area contributed by atoms with Crippen LogP contribution in [0.2, 0.25) is 0 Å². The monoisotopic (exact) mass is 260 g/mol. The van der Waals surface area contributed by atoms with Gasteiger partial charge in [-0.05, 0) is 42.5 Å². The van der Waals surface area contributed by atoms with E-state index in [0.29, 0.717) is 11.8 Å². The van der Waals surface area contributed by atoms with E-state index in [1.807, 2.05) is 12.1 Å². The Morgan fingerprint density at radius 2 is 2.16 bits per heavy atom. The van der Waals surface area contributed by atoms with Gasteiger partial charge in [0.1, 0.15) is 0 Å². The zero-order valence-corrected chi connectivity index (χ0v) is 12.1. The van der Waals surface area contributed by atoms with Gasteiger partial charge in [0.2, 0.25) is 5.91 Å². The van der Waals surface area contributed by atoms with Crippen molar-refractivity contribution in [3.8, 4) is 0 Å². The average molecular weight is 260 g/mol. The summed E-state index contributed by atoms with van der Waals surface area (Å²) in [5, 5.41) is 6.37. The van der Waals surface area contributed by atoms with Crippen molar-refractivity contribution >= 4 is 11.6 Å². The summed E-state index contributed by atoms with van der Waals surface area (Å²) in [5.41, 5.74) is 2.17. The van der Waals surface area contributed by atoms with Crippen LogP contribution in [0.3, 0.4) is 0 Å². The largest absolute Gasteiger partial charge is 0.326 e. The summed E-state index contributed by atoms with van der Waals surface area (Å²) in [6, 6.07) is 8.14. The van der Waals surface area contributed by atoms with Crippen molar-refractivity contribution < 1.29 is 4.79 Å². The first kappa shape index (κ1) is 14.1. The molecule has 2 unspecified atom stereocenters. The van der Waals surface area contributed by atoms with E-state index >= 15 is 0 Å². The topological polar surface area (TPSA) is 41.1 Å². The maximum atomic E-state index is 12.2. The second kappa shape index (κ2) is 6.20. The molecule has 0 saturated carbocycles. The Kier molecular flexibility index (Phi) is 4.59. The Hall–Kier alpha value is -1.35. The molecule has 1 amide bonds. The maximum Gasteiger partial charge on any atom is 0.228 e. The third-order valence-corrected chi connectivity index (χ3v) is 3.76. The first-order valence-corrected chi connectivity index (χ1v) is 7.17. The molecule has 19 heavy (non-hydrogen) atoms. The third kappa shape index (κ3) is 3.80. The molecule has 0 spiro atoms. The van der Waals surface area contributed by atoms with Crippen LogP contribution in [-0.2, 0) is 4.79 Å². The fraction of sp³-hybridized carbons (Fsp3) is 0.562. The van der Waals surface area contributed by atoms with Crippen LogP contribution in [-0.4, -0.2) is 19.0 Å². The second-order valence-electron chi connectivity index (χ2n) is 5.97. The quantitative estimate of drug-likeness (QED) is 0.877. The molecule has 1 aliphatic heterocycles. The van der Waals surface area contributed by atoms with Gasteiger partial charge in [-0.1, -0.05) is 32.9 Å². The highest BCUT2D eigenvalue weighted by Crippen LogP contribution is 2.21. The average Bonchev–Trinajstić information content (AvgIpc) is 2.39. The third-order valence-electron chi connectivity index (χ3n) is 3.76. The molecule has 0 aromatic heterocycles. The Balaban J connectivity index is 2.00. The number of piperidine rings is 1. The van der Waals surface area contributed by atoms with Crippen molar-refractivity contribution in [1.29, 1.82) is 0 Å². The van der Waals surface area contributed by atoms with E-state index in [1.165, 1.54) is 5.56 Å². The molecule has 0 radical (unpaired) electrons. The van der Waals surface area contributed by atoms with Gasteiger partial charge in [0.25, 0.3) is 0 Å². The van der Waals surface area contributed by atoms with Crippen LogP contribution in [0.15, 0.2) is 24.3 Å². The van der Waals surface area contributed by atoms with Crippen molar-refractivity contribution in [2.75, 3.05) is 18.4 Å². The summed E-state index contributed by atoms with van der Waals surface area (Å²) < 4.78 is 0. The fourth-order valence-corrected chi connectivity index (χ4v) is 2.58. The van der Waals surface area contributed by atoms with Crippen LogP contribution < -0.4 is 10.6 Å². The molecule has 2 N–H and O–H groups in total. The number of carbonyl (C=O) groups excluding carboxylic acids is 1. The van der Waals surface area contributed by atoms with Gasteiger partial charge in [0, 0.05) is 12.2 Å². The Morgan fingerprint density at radius 3 is 2.84 bits per heavy atom. The lowest BCUT2D eigenvalue weighted by molar-refractivity contribution is -0.120. The van der Waals surface area contributed by atoms with Gasteiger partial charge < -0.3 is 10.6 Å². The molecule has 2 rings (SSSR count). The van der Waals surface area contributed by atoms with Crippen LogP contribution in [0.5, 0.6) is 0 Å². The number of hydrogen-bond acceptors (Lipinski definition) is 2. The van der Waals surface area contributed by atoms with Crippen LogP contribution in [0.1, 0.15) is 38.7 Å². The van der Waals surface area contributed by atoms with E-state index in [0.717, 1.165) is 25.2 Å². The number of hydrogen-bond donors (Lipinski definition) is 2. The van der Waals surface area contributed by atoms with Gasteiger partial charge in [-0.15, -0.1) is 0 Å². The van der Waals surface area contributed by atoms with Crippen LogP contribution >= 0.6 is 0 Å². The van der Waals surface area contributed by atoms with Crippen molar-refractivity contribution in [2.45, 2.75) is 33.1 Å². The molecule has 1 aliphatic rings. The van der Waals surface area contributed by atoms with Crippen molar-refractivity contribution in [3.05, 3.63) is 29.8 Å². The van der Waals surface area contributed by atoms with Crippen LogP contribution in [0, 0.1) is 11.8 Å². The minimum atomic E-state index is 0.0893. The Bertz CT molecular complexity index is 442. The highest BCUT2D eigenvalue weighted by molar-refractivity contribution is 5.92. The standard InChI is InChI=1S/C16H24N2O/c1-11(2)13-5-4-6-15(8-13)18-16(19)14-7-12(3)9-17-10-14/h4-6,8,11-12,14,17H,7,9-10H2,1-3H3,(H,18,19). The van der Waals surface area contributed by atoms with Gasteiger partial charge in [0.05, 0.1) is 5.92 Å². The summed E-state index contributed by atoms with van der Waals surface area (Å²) in [7, 11) is 0. The summed E-state index contributed by atoms with van der Waals surface area (Å²) in [6.07, 6.45) is 0.975. The number of carbonyl (C=O) groups is 1. The van der Waals surface area contributed by atoms with E-state index < -0.39 is 0 Å². The predicted octanol–water partition coefficient (Wildman–Crippen LogP) is 2.99. The minimum Gasteiger partial charge on any atom is -0.326 e. The van der Waals surface area contributed by atoms with E-state index in [9.17, 15) is 4.79 Å². The SMILES string of the molecule is CC1CNCC(C(=O)Nc2cccc(C(C)C)c2)C1. The smallest absolute Gasteiger partial charge is 0.228 e. The summed E-state index contributed by atoms with van der Waals surface area (Å²) in [4.78, 5) is 12.2. The number of nitrogens with one attached hydrogen (secondary N) is 2. The number of anilines is 1. The van der Waals surface area contributed by atoms with Crippen molar-refractivity contribution in [2.24, 2.45) is 11.8 Å². The predicted molar refractivity (Wildman–Crippen MR) is 79.3 cm³/mol. The highest BCUT2D eigenvalue weighted by Gasteiger charge is 2.24.